The predicted octanol–water partition coefficient (Wildman–Crippen LogP) is 2.45. The number of halogens is 1. The van der Waals surface area contributed by atoms with E-state index in [1.54, 1.807) is 0 Å². The predicted molar refractivity (Wildman–Crippen MR) is 72.7 cm³/mol. The molecule has 2 N–H and O–H groups in total. The lowest BCUT2D eigenvalue weighted by Gasteiger charge is -2.07. The molecule has 1 aliphatic carbocycles. The Morgan fingerprint density at radius 3 is 2.60 bits per heavy atom. The van der Waals surface area contributed by atoms with Crippen molar-refractivity contribution in [3.63, 3.8) is 0 Å². The first-order chi connectivity index (χ1) is 9.29. The quantitative estimate of drug-likeness (QED) is 0.831. The fourth-order valence-corrected chi connectivity index (χ4v) is 1.92. The van der Waals surface area contributed by atoms with Gasteiger partial charge in [-0.3, -0.25) is 4.79 Å². The number of rotatable bonds is 4. The number of hydrogen-bond acceptors (Lipinski definition) is 2. The number of aliphatic carboxylic acids is 1. The summed E-state index contributed by atoms with van der Waals surface area (Å²) in [5, 5.41) is 11.3. The molecule has 1 amide bonds. The zero-order chi connectivity index (χ0) is 14.9. The SMILES string of the molecule is CC1(C)CC1NC(=O)c1ccc(C=CC(=O)O)c(F)c1. The highest BCUT2D eigenvalue weighted by Crippen LogP contribution is 2.44. The fraction of sp³-hybridized carbons (Fsp3) is 0.333. The Kier molecular flexibility index (Phi) is 3.61. The molecule has 0 heterocycles. The number of carbonyl (C=O) groups is 2. The van der Waals surface area contributed by atoms with Crippen LogP contribution in [0, 0.1) is 11.2 Å². The third-order valence-electron chi connectivity index (χ3n) is 3.49. The number of hydrogen-bond donors (Lipinski definition) is 2. The van der Waals surface area contributed by atoms with Gasteiger partial charge in [0.15, 0.2) is 0 Å². The zero-order valence-electron chi connectivity index (χ0n) is 11.3. The zero-order valence-corrected chi connectivity index (χ0v) is 11.3. The lowest BCUT2D eigenvalue weighted by atomic mass is 10.1. The van der Waals surface area contributed by atoms with Crippen LogP contribution in [0.2, 0.25) is 0 Å². The minimum Gasteiger partial charge on any atom is -0.478 e. The molecule has 106 valence electrons. The topological polar surface area (TPSA) is 66.4 Å². The first kappa shape index (κ1) is 14.2. The number of nitrogens with one attached hydrogen (secondary N) is 1. The monoisotopic (exact) mass is 277 g/mol. The highest BCUT2D eigenvalue weighted by atomic mass is 19.1. The molecular weight excluding hydrogens is 261 g/mol. The smallest absolute Gasteiger partial charge is 0.328 e. The van der Waals surface area contributed by atoms with Gasteiger partial charge < -0.3 is 10.4 Å². The summed E-state index contributed by atoms with van der Waals surface area (Å²) in [5.74, 6) is -2.08. The van der Waals surface area contributed by atoms with Crippen LogP contribution in [0.5, 0.6) is 0 Å². The summed E-state index contributed by atoms with van der Waals surface area (Å²) in [6.45, 7) is 4.11. The Hall–Kier alpha value is -2.17. The van der Waals surface area contributed by atoms with E-state index in [0.29, 0.717) is 0 Å². The van der Waals surface area contributed by atoms with Crippen LogP contribution in [0.25, 0.3) is 6.08 Å². The van der Waals surface area contributed by atoms with E-state index < -0.39 is 11.8 Å². The second-order valence-corrected chi connectivity index (χ2v) is 5.63. The molecule has 1 saturated carbocycles. The summed E-state index contributed by atoms with van der Waals surface area (Å²) in [7, 11) is 0. The molecule has 0 saturated heterocycles. The normalized spacial score (nSPS) is 19.9. The summed E-state index contributed by atoms with van der Waals surface area (Å²) in [6.07, 6.45) is 2.93. The van der Waals surface area contributed by atoms with E-state index in [1.165, 1.54) is 12.1 Å². The van der Waals surface area contributed by atoms with E-state index >= 15 is 0 Å². The van der Waals surface area contributed by atoms with E-state index in [2.05, 4.69) is 19.2 Å². The van der Waals surface area contributed by atoms with Gasteiger partial charge in [0.2, 0.25) is 0 Å². The van der Waals surface area contributed by atoms with Crippen LogP contribution in [0.1, 0.15) is 36.2 Å². The van der Waals surface area contributed by atoms with Gasteiger partial charge in [0.1, 0.15) is 5.82 Å². The second-order valence-electron chi connectivity index (χ2n) is 5.63. The molecule has 20 heavy (non-hydrogen) atoms. The van der Waals surface area contributed by atoms with Gasteiger partial charge in [0.25, 0.3) is 5.91 Å². The molecular formula is C15H16FNO3. The summed E-state index contributed by atoms with van der Waals surface area (Å²) in [4.78, 5) is 22.3. The summed E-state index contributed by atoms with van der Waals surface area (Å²) < 4.78 is 13.7. The number of amides is 1. The van der Waals surface area contributed by atoms with Crippen LogP contribution in [-0.2, 0) is 4.79 Å². The van der Waals surface area contributed by atoms with Crippen molar-refractivity contribution in [1.82, 2.24) is 5.32 Å². The van der Waals surface area contributed by atoms with E-state index in [0.717, 1.165) is 24.6 Å². The average Bonchev–Trinajstić information content (AvgIpc) is 2.94. The van der Waals surface area contributed by atoms with Crippen molar-refractivity contribution in [2.75, 3.05) is 0 Å². The fourth-order valence-electron chi connectivity index (χ4n) is 1.92. The Bertz CT molecular complexity index is 593. The second kappa shape index (κ2) is 5.07. The summed E-state index contributed by atoms with van der Waals surface area (Å²) in [6, 6.07) is 4.12. The average molecular weight is 277 g/mol. The molecule has 0 bridgehead atoms. The molecule has 5 heteroatoms. The van der Waals surface area contributed by atoms with Crippen LogP contribution < -0.4 is 5.32 Å². The third-order valence-corrected chi connectivity index (χ3v) is 3.49. The van der Waals surface area contributed by atoms with E-state index in [9.17, 15) is 14.0 Å². The van der Waals surface area contributed by atoms with Crippen LogP contribution in [-0.4, -0.2) is 23.0 Å². The molecule has 0 aromatic heterocycles. The maximum atomic E-state index is 13.7. The van der Waals surface area contributed by atoms with Crippen molar-refractivity contribution in [2.24, 2.45) is 5.41 Å². The molecule has 1 unspecified atom stereocenters. The number of carboxylic acids is 1. The summed E-state index contributed by atoms with van der Waals surface area (Å²) in [5.41, 5.74) is 0.478. The molecule has 1 atom stereocenters. The van der Waals surface area contributed by atoms with Crippen molar-refractivity contribution in [3.05, 3.63) is 41.2 Å². The minimum atomic E-state index is -1.15. The van der Waals surface area contributed by atoms with Crippen molar-refractivity contribution >= 4 is 18.0 Å². The molecule has 1 fully saturated rings. The molecule has 0 spiro atoms. The lowest BCUT2D eigenvalue weighted by molar-refractivity contribution is -0.131. The van der Waals surface area contributed by atoms with E-state index in [4.69, 9.17) is 5.11 Å². The van der Waals surface area contributed by atoms with Crippen molar-refractivity contribution < 1.29 is 19.1 Å². The van der Waals surface area contributed by atoms with Gasteiger partial charge in [-0.15, -0.1) is 0 Å². The highest BCUT2D eigenvalue weighted by molar-refractivity contribution is 5.95. The molecule has 1 aliphatic rings. The molecule has 1 aromatic carbocycles. The van der Waals surface area contributed by atoms with E-state index in [-0.39, 0.29) is 28.5 Å². The van der Waals surface area contributed by atoms with Crippen LogP contribution in [0.4, 0.5) is 4.39 Å². The standard InChI is InChI=1S/C15H16FNO3/c1-15(2)8-12(15)17-14(20)10-4-3-9(11(16)7-10)5-6-13(18)19/h3-7,12H,8H2,1-2H3,(H,17,20)(H,18,19). The van der Waals surface area contributed by atoms with Gasteiger partial charge in [-0.25, -0.2) is 9.18 Å². The number of carbonyl (C=O) groups excluding carboxylic acids is 1. The first-order valence-corrected chi connectivity index (χ1v) is 6.31. The maximum Gasteiger partial charge on any atom is 0.328 e. The minimum absolute atomic E-state index is 0.109. The molecule has 1 aromatic rings. The molecule has 0 aliphatic heterocycles. The van der Waals surface area contributed by atoms with Gasteiger partial charge >= 0.3 is 5.97 Å². The van der Waals surface area contributed by atoms with Crippen molar-refractivity contribution in [1.29, 1.82) is 0 Å². The first-order valence-electron chi connectivity index (χ1n) is 6.31. The Balaban J connectivity index is 2.08. The van der Waals surface area contributed by atoms with E-state index in [1.807, 2.05) is 0 Å². The largest absolute Gasteiger partial charge is 0.478 e. The van der Waals surface area contributed by atoms with Crippen LogP contribution >= 0.6 is 0 Å². The summed E-state index contributed by atoms with van der Waals surface area (Å²) >= 11 is 0. The third kappa shape index (κ3) is 3.23. The van der Waals surface area contributed by atoms with Gasteiger partial charge in [-0.1, -0.05) is 19.9 Å². The highest BCUT2D eigenvalue weighted by Gasteiger charge is 2.46. The van der Waals surface area contributed by atoms with Crippen molar-refractivity contribution in [2.45, 2.75) is 26.3 Å². The number of benzene rings is 1. The molecule has 0 radical (unpaired) electrons. The molecule has 2 rings (SSSR count). The Morgan fingerprint density at radius 2 is 2.10 bits per heavy atom. The Morgan fingerprint density at radius 1 is 1.45 bits per heavy atom. The van der Waals surface area contributed by atoms with Crippen LogP contribution in [0.15, 0.2) is 24.3 Å². The van der Waals surface area contributed by atoms with Gasteiger partial charge in [-0.2, -0.15) is 0 Å². The van der Waals surface area contributed by atoms with Gasteiger partial charge in [0.05, 0.1) is 0 Å². The lowest BCUT2D eigenvalue weighted by Crippen LogP contribution is -2.28. The molecule has 4 nitrogen and oxygen atoms in total. The van der Waals surface area contributed by atoms with Gasteiger partial charge in [-0.05, 0) is 30.0 Å². The van der Waals surface area contributed by atoms with Crippen LogP contribution in [0.3, 0.4) is 0 Å². The number of carboxylic acid groups (broad SMARTS) is 1. The van der Waals surface area contributed by atoms with Crippen molar-refractivity contribution in [3.8, 4) is 0 Å². The maximum absolute atomic E-state index is 13.7. The Labute approximate surface area is 116 Å². The van der Waals surface area contributed by atoms with Gasteiger partial charge in [0, 0.05) is 23.2 Å².